The van der Waals surface area contributed by atoms with E-state index < -0.39 is 0 Å². The molecule has 2 aliphatic rings. The van der Waals surface area contributed by atoms with E-state index in [1.807, 2.05) is 0 Å². The van der Waals surface area contributed by atoms with Gasteiger partial charge >= 0.3 is 0 Å². The Hall–Kier alpha value is -1.71. The Balaban J connectivity index is 1.96. The number of nitrogens with zero attached hydrogens (tertiary/aromatic N) is 2. The third-order valence-electron chi connectivity index (χ3n) is 3.75. The molecule has 3 rings (SSSR count). The van der Waals surface area contributed by atoms with Gasteiger partial charge in [-0.1, -0.05) is 12.8 Å². The molecule has 2 amide bonds. The highest BCUT2D eigenvalue weighted by atomic mass is 16.2. The first-order chi connectivity index (χ1) is 8.29. The SMILES string of the molecule is O=C1C2CCCCC2C(=O)N1c1cccnc1. The lowest BCUT2D eigenvalue weighted by Gasteiger charge is -2.19. The second-order valence-corrected chi connectivity index (χ2v) is 4.72. The minimum absolute atomic E-state index is 0.0345. The van der Waals surface area contributed by atoms with E-state index in [9.17, 15) is 9.59 Å². The summed E-state index contributed by atoms with van der Waals surface area (Å²) in [4.78, 5) is 29.8. The van der Waals surface area contributed by atoms with Crippen LogP contribution >= 0.6 is 0 Å². The van der Waals surface area contributed by atoms with Gasteiger partial charge in [0.15, 0.2) is 0 Å². The van der Waals surface area contributed by atoms with Crippen LogP contribution in [-0.4, -0.2) is 16.8 Å². The standard InChI is InChI=1S/C13H14N2O2/c16-12-10-5-1-2-6-11(10)13(17)15(12)9-4-3-7-14-8-9/h3-4,7-8,10-11H,1-2,5-6H2. The number of aromatic nitrogens is 1. The summed E-state index contributed by atoms with van der Waals surface area (Å²) in [5.74, 6) is -0.242. The third kappa shape index (κ3) is 1.55. The summed E-state index contributed by atoms with van der Waals surface area (Å²) >= 11 is 0. The van der Waals surface area contributed by atoms with Gasteiger partial charge < -0.3 is 0 Å². The Morgan fingerprint density at radius 3 is 2.29 bits per heavy atom. The molecule has 0 N–H and O–H groups in total. The van der Waals surface area contributed by atoms with Crippen molar-refractivity contribution < 1.29 is 9.59 Å². The third-order valence-corrected chi connectivity index (χ3v) is 3.75. The Morgan fingerprint density at radius 1 is 1.12 bits per heavy atom. The molecule has 2 heterocycles. The van der Waals surface area contributed by atoms with Crippen LogP contribution in [0.1, 0.15) is 25.7 Å². The van der Waals surface area contributed by atoms with Crippen LogP contribution in [0.3, 0.4) is 0 Å². The predicted octanol–water partition coefficient (Wildman–Crippen LogP) is 1.76. The average Bonchev–Trinajstić information content (AvgIpc) is 2.64. The molecule has 0 aromatic carbocycles. The van der Waals surface area contributed by atoms with Gasteiger partial charge in [-0.2, -0.15) is 0 Å². The number of carbonyl (C=O) groups is 2. The van der Waals surface area contributed by atoms with Crippen LogP contribution in [-0.2, 0) is 9.59 Å². The maximum absolute atomic E-state index is 12.2. The molecule has 1 aliphatic heterocycles. The van der Waals surface area contributed by atoms with Crippen molar-refractivity contribution in [3.63, 3.8) is 0 Å². The van der Waals surface area contributed by atoms with Crippen LogP contribution in [0, 0.1) is 11.8 Å². The number of fused-ring (bicyclic) bond motifs is 1. The Morgan fingerprint density at radius 2 is 1.76 bits per heavy atom. The molecule has 0 spiro atoms. The molecule has 0 bridgehead atoms. The van der Waals surface area contributed by atoms with Crippen molar-refractivity contribution in [2.45, 2.75) is 25.7 Å². The van der Waals surface area contributed by atoms with E-state index in [1.54, 1.807) is 24.5 Å². The van der Waals surface area contributed by atoms with Crippen molar-refractivity contribution >= 4 is 17.5 Å². The fraction of sp³-hybridized carbons (Fsp3) is 0.462. The van der Waals surface area contributed by atoms with Gasteiger partial charge in [0, 0.05) is 6.20 Å². The second kappa shape index (κ2) is 3.95. The lowest BCUT2D eigenvalue weighted by molar-refractivity contribution is -0.122. The molecule has 4 nitrogen and oxygen atoms in total. The van der Waals surface area contributed by atoms with E-state index in [1.165, 1.54) is 4.90 Å². The normalized spacial score (nSPS) is 28.4. The molecule has 17 heavy (non-hydrogen) atoms. The molecule has 1 saturated carbocycles. The largest absolute Gasteiger partial charge is 0.274 e. The summed E-state index contributed by atoms with van der Waals surface area (Å²) in [7, 11) is 0. The van der Waals surface area contributed by atoms with Gasteiger partial charge in [-0.3, -0.25) is 14.6 Å². The highest BCUT2D eigenvalue weighted by Gasteiger charge is 2.48. The molecule has 1 aromatic rings. The van der Waals surface area contributed by atoms with Gasteiger partial charge in [-0.05, 0) is 25.0 Å². The summed E-state index contributed by atoms with van der Waals surface area (Å²) in [5, 5.41) is 0. The van der Waals surface area contributed by atoms with E-state index in [-0.39, 0.29) is 23.7 Å². The number of hydrogen-bond donors (Lipinski definition) is 0. The predicted molar refractivity (Wildman–Crippen MR) is 62.2 cm³/mol. The quantitative estimate of drug-likeness (QED) is 0.691. The van der Waals surface area contributed by atoms with E-state index in [4.69, 9.17) is 0 Å². The minimum atomic E-state index is -0.0866. The van der Waals surface area contributed by atoms with Gasteiger partial charge in [-0.25, -0.2) is 4.90 Å². The van der Waals surface area contributed by atoms with Crippen molar-refractivity contribution in [1.82, 2.24) is 4.98 Å². The van der Waals surface area contributed by atoms with Gasteiger partial charge in [0.25, 0.3) is 0 Å². The van der Waals surface area contributed by atoms with E-state index in [0.717, 1.165) is 25.7 Å². The number of amides is 2. The fourth-order valence-electron chi connectivity index (χ4n) is 2.90. The molecule has 2 atom stereocenters. The summed E-state index contributed by atoms with van der Waals surface area (Å²) in [6.45, 7) is 0. The summed E-state index contributed by atoms with van der Waals surface area (Å²) in [6.07, 6.45) is 7.04. The number of pyridine rings is 1. The lowest BCUT2D eigenvalue weighted by Crippen LogP contribution is -2.30. The van der Waals surface area contributed by atoms with E-state index in [2.05, 4.69) is 4.98 Å². The van der Waals surface area contributed by atoms with Crippen LogP contribution in [0.4, 0.5) is 5.69 Å². The number of imide groups is 1. The molecule has 1 aliphatic carbocycles. The zero-order valence-electron chi connectivity index (χ0n) is 9.50. The van der Waals surface area contributed by atoms with Crippen LogP contribution in [0.25, 0.3) is 0 Å². The maximum atomic E-state index is 12.2. The van der Waals surface area contributed by atoms with Crippen molar-refractivity contribution in [2.75, 3.05) is 4.90 Å². The molecule has 2 unspecified atom stereocenters. The Bertz CT molecular complexity index is 434. The first-order valence-corrected chi connectivity index (χ1v) is 6.07. The smallest absolute Gasteiger partial charge is 0.237 e. The zero-order chi connectivity index (χ0) is 11.8. The molecular weight excluding hydrogens is 216 g/mol. The average molecular weight is 230 g/mol. The monoisotopic (exact) mass is 230 g/mol. The van der Waals surface area contributed by atoms with Crippen LogP contribution in [0.2, 0.25) is 0 Å². The van der Waals surface area contributed by atoms with Gasteiger partial charge in [0.05, 0.1) is 23.7 Å². The number of hydrogen-bond acceptors (Lipinski definition) is 3. The first-order valence-electron chi connectivity index (χ1n) is 6.07. The highest BCUT2D eigenvalue weighted by Crippen LogP contribution is 2.39. The number of anilines is 1. The van der Waals surface area contributed by atoms with E-state index in [0.29, 0.717) is 5.69 Å². The molecule has 4 heteroatoms. The van der Waals surface area contributed by atoms with Crippen LogP contribution in [0.5, 0.6) is 0 Å². The summed E-state index contributed by atoms with van der Waals surface area (Å²) in [5.41, 5.74) is 0.608. The highest BCUT2D eigenvalue weighted by molar-refractivity contribution is 6.22. The summed E-state index contributed by atoms with van der Waals surface area (Å²) < 4.78 is 0. The van der Waals surface area contributed by atoms with E-state index >= 15 is 0 Å². The second-order valence-electron chi connectivity index (χ2n) is 4.72. The van der Waals surface area contributed by atoms with Crippen LogP contribution < -0.4 is 4.90 Å². The molecule has 88 valence electrons. The molecule has 2 fully saturated rings. The zero-order valence-corrected chi connectivity index (χ0v) is 9.50. The fourth-order valence-corrected chi connectivity index (χ4v) is 2.90. The van der Waals surface area contributed by atoms with Crippen molar-refractivity contribution in [3.8, 4) is 0 Å². The lowest BCUT2D eigenvalue weighted by atomic mass is 9.81. The van der Waals surface area contributed by atoms with Gasteiger partial charge in [0.2, 0.25) is 11.8 Å². The van der Waals surface area contributed by atoms with Crippen molar-refractivity contribution in [3.05, 3.63) is 24.5 Å². The Kier molecular flexibility index (Phi) is 2.42. The Labute approximate surface area is 99.6 Å². The molecule has 1 aromatic heterocycles. The van der Waals surface area contributed by atoms with Crippen molar-refractivity contribution in [2.24, 2.45) is 11.8 Å². The molecular formula is C13H14N2O2. The minimum Gasteiger partial charge on any atom is -0.274 e. The molecule has 0 radical (unpaired) electrons. The molecule has 1 saturated heterocycles. The maximum Gasteiger partial charge on any atom is 0.237 e. The van der Waals surface area contributed by atoms with Gasteiger partial charge in [0.1, 0.15) is 0 Å². The number of rotatable bonds is 1. The topological polar surface area (TPSA) is 50.3 Å². The van der Waals surface area contributed by atoms with Crippen LogP contribution in [0.15, 0.2) is 24.5 Å². The summed E-state index contributed by atoms with van der Waals surface area (Å²) in [6, 6.07) is 3.51. The first kappa shape index (κ1) is 10.4. The van der Waals surface area contributed by atoms with Gasteiger partial charge in [-0.15, -0.1) is 0 Å². The number of carbonyl (C=O) groups excluding carboxylic acids is 2. The van der Waals surface area contributed by atoms with Crippen molar-refractivity contribution in [1.29, 1.82) is 0 Å².